The fourth-order valence-electron chi connectivity index (χ4n) is 3.58. The molecule has 2 amide bonds. The van der Waals surface area contributed by atoms with Crippen LogP contribution in [0.25, 0.3) is 5.57 Å². The lowest BCUT2D eigenvalue weighted by molar-refractivity contribution is -0.126. The number of rotatable bonds is 4. The molecule has 4 rings (SSSR count). The van der Waals surface area contributed by atoms with Gasteiger partial charge in [-0.1, -0.05) is 30.4 Å². The molecule has 0 spiro atoms. The van der Waals surface area contributed by atoms with Gasteiger partial charge in [-0.25, -0.2) is 9.97 Å². The highest BCUT2D eigenvalue weighted by Crippen LogP contribution is 2.28. The minimum Gasteiger partial charge on any atom is -0.382 e. The van der Waals surface area contributed by atoms with Crippen LogP contribution in [-0.4, -0.2) is 39.8 Å². The molecule has 29 heavy (non-hydrogen) atoms. The van der Waals surface area contributed by atoms with Gasteiger partial charge in [0.1, 0.15) is 0 Å². The van der Waals surface area contributed by atoms with Crippen LogP contribution in [0.4, 0.5) is 11.5 Å². The fourth-order valence-corrected chi connectivity index (χ4v) is 3.58. The number of amides is 2. The molecule has 148 valence electrons. The number of para-hydroxylation sites is 1. The maximum atomic E-state index is 12.6. The number of nitrogens with one attached hydrogen (secondary N) is 1. The molecule has 1 aromatic carbocycles. The zero-order valence-corrected chi connectivity index (χ0v) is 16.1. The number of hydrogen-bond donors (Lipinski definition) is 2. The number of nitrogens with two attached hydrogens (primary N) is 1. The van der Waals surface area contributed by atoms with Crippen LogP contribution in [0.3, 0.4) is 0 Å². The Morgan fingerprint density at radius 3 is 2.48 bits per heavy atom. The highest BCUT2D eigenvalue weighted by atomic mass is 16.2. The minimum absolute atomic E-state index is 0.0824. The molecule has 0 atom stereocenters. The first-order valence-electron chi connectivity index (χ1n) is 9.80. The highest BCUT2D eigenvalue weighted by molar-refractivity contribution is 6.05. The number of nitrogens with zero attached hydrogens (tertiary/aromatic N) is 3. The molecule has 1 aliphatic heterocycles. The molecule has 2 aliphatic rings. The normalized spacial score (nSPS) is 16.2. The van der Waals surface area contributed by atoms with Crippen molar-refractivity contribution < 1.29 is 9.59 Å². The van der Waals surface area contributed by atoms with Crippen molar-refractivity contribution >= 4 is 28.9 Å². The largest absolute Gasteiger partial charge is 0.382 e. The average Bonchev–Trinajstić information content (AvgIpc) is 3.29. The van der Waals surface area contributed by atoms with E-state index in [9.17, 15) is 9.59 Å². The number of hydrogen-bond acceptors (Lipinski definition) is 5. The average molecular weight is 389 g/mol. The molecule has 0 radical (unpaired) electrons. The number of allylic oxidation sites excluding steroid dienone is 3. The van der Waals surface area contributed by atoms with E-state index in [1.807, 2.05) is 35.3 Å². The molecule has 1 fully saturated rings. The molecule has 3 N–H and O–H groups in total. The number of carbonyl (C=O) groups is 2. The standard InChI is InChI=1S/C22H23N5O2/c23-20-19(21(28)25-17-6-2-1-3-7-17)26-18(14-24-20)15-8-10-16(11-9-15)22(29)27-12-4-5-13-27/h1-3,6-8,10,14H,4-5,9,11-13H2,(H2,23,24)(H,25,28). The van der Waals surface area contributed by atoms with E-state index in [1.54, 1.807) is 18.3 Å². The van der Waals surface area contributed by atoms with Gasteiger partial charge in [-0.15, -0.1) is 0 Å². The van der Waals surface area contributed by atoms with Crippen LogP contribution < -0.4 is 11.1 Å². The fraction of sp³-hybridized carbons (Fsp3) is 0.273. The first-order valence-corrected chi connectivity index (χ1v) is 9.80. The maximum Gasteiger partial charge on any atom is 0.278 e. The minimum atomic E-state index is -0.403. The van der Waals surface area contributed by atoms with Gasteiger partial charge in [0.15, 0.2) is 11.5 Å². The molecule has 7 heteroatoms. The lowest BCUT2D eigenvalue weighted by Gasteiger charge is -2.20. The second-order valence-electron chi connectivity index (χ2n) is 7.19. The van der Waals surface area contributed by atoms with E-state index >= 15 is 0 Å². The van der Waals surface area contributed by atoms with Gasteiger partial charge in [-0.2, -0.15) is 0 Å². The van der Waals surface area contributed by atoms with Crippen molar-refractivity contribution in [1.29, 1.82) is 0 Å². The van der Waals surface area contributed by atoms with Gasteiger partial charge in [0.2, 0.25) is 5.91 Å². The van der Waals surface area contributed by atoms with Crippen molar-refractivity contribution in [2.45, 2.75) is 25.7 Å². The number of carbonyl (C=O) groups excluding carboxylic acids is 2. The first kappa shape index (κ1) is 18.9. The Kier molecular flexibility index (Phi) is 5.37. The van der Waals surface area contributed by atoms with Crippen molar-refractivity contribution in [2.75, 3.05) is 24.1 Å². The van der Waals surface area contributed by atoms with Crippen molar-refractivity contribution in [3.63, 3.8) is 0 Å². The predicted molar refractivity (Wildman–Crippen MR) is 112 cm³/mol. The Labute approximate surface area is 169 Å². The molecule has 2 heterocycles. The van der Waals surface area contributed by atoms with Gasteiger partial charge in [0.05, 0.1) is 11.9 Å². The molecule has 1 aliphatic carbocycles. The van der Waals surface area contributed by atoms with Gasteiger partial charge in [0.25, 0.3) is 5.91 Å². The summed E-state index contributed by atoms with van der Waals surface area (Å²) in [6.45, 7) is 1.69. The molecule has 0 bridgehead atoms. The Hall–Kier alpha value is -3.48. The lowest BCUT2D eigenvalue weighted by Crippen LogP contribution is -2.29. The van der Waals surface area contributed by atoms with E-state index in [0.717, 1.165) is 37.1 Å². The molecule has 1 saturated heterocycles. The van der Waals surface area contributed by atoms with Crippen molar-refractivity contribution in [1.82, 2.24) is 14.9 Å². The summed E-state index contributed by atoms with van der Waals surface area (Å²) in [7, 11) is 0. The third-order valence-electron chi connectivity index (χ3n) is 5.19. The molecule has 1 aromatic heterocycles. The summed E-state index contributed by atoms with van der Waals surface area (Å²) in [5.41, 5.74) is 9.00. The SMILES string of the molecule is Nc1ncc(C2=CC=C(C(=O)N3CCCC3)CC2)nc1C(=O)Nc1ccccc1. The Balaban J connectivity index is 1.53. The second kappa shape index (κ2) is 8.26. The number of aromatic nitrogens is 2. The van der Waals surface area contributed by atoms with Crippen molar-refractivity contribution in [3.05, 3.63) is 65.6 Å². The van der Waals surface area contributed by atoms with Crippen LogP contribution in [-0.2, 0) is 4.79 Å². The summed E-state index contributed by atoms with van der Waals surface area (Å²) in [6, 6.07) is 9.12. The number of benzene rings is 1. The number of anilines is 2. The van der Waals surface area contributed by atoms with Crippen LogP contribution in [0, 0.1) is 0 Å². The van der Waals surface area contributed by atoms with E-state index in [4.69, 9.17) is 5.73 Å². The monoisotopic (exact) mass is 389 g/mol. The predicted octanol–water partition coefficient (Wildman–Crippen LogP) is 3.04. The smallest absolute Gasteiger partial charge is 0.278 e. The summed E-state index contributed by atoms with van der Waals surface area (Å²) in [5.74, 6) is -0.192. The molecular weight excluding hydrogens is 366 g/mol. The third-order valence-corrected chi connectivity index (χ3v) is 5.19. The Morgan fingerprint density at radius 1 is 1.03 bits per heavy atom. The van der Waals surface area contributed by atoms with Crippen LogP contribution in [0.5, 0.6) is 0 Å². The number of likely N-dealkylation sites (tertiary alicyclic amines) is 1. The van der Waals surface area contributed by atoms with E-state index in [0.29, 0.717) is 24.2 Å². The zero-order valence-electron chi connectivity index (χ0n) is 16.1. The second-order valence-corrected chi connectivity index (χ2v) is 7.19. The Morgan fingerprint density at radius 2 is 1.79 bits per heavy atom. The first-order chi connectivity index (χ1) is 14.1. The number of nitrogen functional groups attached to an aromatic ring is 1. The van der Waals surface area contributed by atoms with Gasteiger partial charge in [-0.05, 0) is 43.4 Å². The van der Waals surface area contributed by atoms with Crippen molar-refractivity contribution in [2.24, 2.45) is 0 Å². The van der Waals surface area contributed by atoms with E-state index in [2.05, 4.69) is 15.3 Å². The van der Waals surface area contributed by atoms with E-state index < -0.39 is 5.91 Å². The van der Waals surface area contributed by atoms with Crippen LogP contribution in [0.2, 0.25) is 0 Å². The van der Waals surface area contributed by atoms with Crippen LogP contribution in [0.1, 0.15) is 41.9 Å². The van der Waals surface area contributed by atoms with Crippen molar-refractivity contribution in [3.8, 4) is 0 Å². The van der Waals surface area contributed by atoms with Gasteiger partial charge in [0, 0.05) is 24.4 Å². The van der Waals surface area contributed by atoms with E-state index in [-0.39, 0.29) is 17.4 Å². The van der Waals surface area contributed by atoms with E-state index in [1.165, 1.54) is 0 Å². The molecule has 7 nitrogen and oxygen atoms in total. The summed E-state index contributed by atoms with van der Waals surface area (Å²) in [4.78, 5) is 35.6. The summed E-state index contributed by atoms with van der Waals surface area (Å²) < 4.78 is 0. The van der Waals surface area contributed by atoms with Gasteiger partial charge < -0.3 is 16.0 Å². The van der Waals surface area contributed by atoms with Gasteiger partial charge in [-0.3, -0.25) is 9.59 Å². The van der Waals surface area contributed by atoms with Crippen LogP contribution >= 0.6 is 0 Å². The van der Waals surface area contributed by atoms with Gasteiger partial charge >= 0.3 is 0 Å². The maximum absolute atomic E-state index is 12.6. The third kappa shape index (κ3) is 4.18. The summed E-state index contributed by atoms with van der Waals surface area (Å²) >= 11 is 0. The highest BCUT2D eigenvalue weighted by Gasteiger charge is 2.23. The molecular formula is C22H23N5O2. The summed E-state index contributed by atoms with van der Waals surface area (Å²) in [6.07, 6.45) is 8.81. The quantitative estimate of drug-likeness (QED) is 0.837. The zero-order chi connectivity index (χ0) is 20.2. The molecule has 2 aromatic rings. The topological polar surface area (TPSA) is 101 Å². The Bertz CT molecular complexity index is 992. The summed E-state index contributed by atoms with van der Waals surface area (Å²) in [5, 5.41) is 2.78. The lowest BCUT2D eigenvalue weighted by atomic mass is 9.95. The van der Waals surface area contributed by atoms with Crippen LogP contribution in [0.15, 0.2) is 54.3 Å². The molecule has 0 saturated carbocycles. The molecule has 0 unspecified atom stereocenters.